The van der Waals surface area contributed by atoms with Crippen LogP contribution in [0.1, 0.15) is 62.9 Å². The predicted molar refractivity (Wildman–Crippen MR) is 147 cm³/mol. The molecule has 2 aromatic carbocycles. The molecule has 1 aliphatic heterocycles. The SMILES string of the molecule is C[C@H](NC(=O)C(CC(=O)OC(C)(C)C)(Cc1ccccc1)NC(=O)c1ccccc1)C(=O)N1CCC[C@H]1C(=O)O. The molecule has 0 spiro atoms. The second-order valence-corrected chi connectivity index (χ2v) is 11.1. The van der Waals surface area contributed by atoms with E-state index in [0.717, 1.165) is 0 Å². The monoisotopic (exact) mass is 551 g/mol. The Balaban J connectivity index is 1.98. The van der Waals surface area contributed by atoms with Gasteiger partial charge >= 0.3 is 11.9 Å². The number of benzene rings is 2. The number of carbonyl (C=O) groups excluding carboxylic acids is 4. The highest BCUT2D eigenvalue weighted by Crippen LogP contribution is 2.24. The van der Waals surface area contributed by atoms with Crippen LogP contribution in [-0.2, 0) is 30.3 Å². The highest BCUT2D eigenvalue weighted by Gasteiger charge is 2.45. The molecule has 2 aromatic rings. The Bertz CT molecular complexity index is 1230. The van der Waals surface area contributed by atoms with E-state index < -0.39 is 59.3 Å². The minimum atomic E-state index is -1.83. The lowest BCUT2D eigenvalue weighted by molar-refractivity contribution is -0.158. The van der Waals surface area contributed by atoms with E-state index in [1.807, 2.05) is 0 Å². The number of hydrogen-bond acceptors (Lipinski definition) is 6. The third-order valence-electron chi connectivity index (χ3n) is 6.58. The van der Waals surface area contributed by atoms with Gasteiger partial charge in [-0.15, -0.1) is 0 Å². The van der Waals surface area contributed by atoms with Crippen LogP contribution >= 0.6 is 0 Å². The summed E-state index contributed by atoms with van der Waals surface area (Å²) in [6.07, 6.45) is 0.282. The zero-order valence-corrected chi connectivity index (χ0v) is 23.3. The Morgan fingerprint density at radius 3 is 2.17 bits per heavy atom. The number of ether oxygens (including phenoxy) is 1. The van der Waals surface area contributed by atoms with Gasteiger partial charge in [-0.3, -0.25) is 19.2 Å². The van der Waals surface area contributed by atoms with Gasteiger partial charge in [0.2, 0.25) is 11.8 Å². The molecule has 3 N–H and O–H groups in total. The number of rotatable bonds is 10. The normalized spacial score (nSPS) is 17.3. The summed E-state index contributed by atoms with van der Waals surface area (Å²) < 4.78 is 5.53. The van der Waals surface area contributed by atoms with E-state index in [1.54, 1.807) is 81.4 Å². The zero-order chi connectivity index (χ0) is 29.5. The summed E-state index contributed by atoms with van der Waals surface area (Å²) in [7, 11) is 0. The molecule has 3 atom stereocenters. The van der Waals surface area contributed by atoms with Crippen molar-refractivity contribution >= 4 is 29.7 Å². The van der Waals surface area contributed by atoms with Crippen LogP contribution in [0.4, 0.5) is 0 Å². The summed E-state index contributed by atoms with van der Waals surface area (Å²) in [5.74, 6) is -3.73. The molecule has 214 valence electrons. The molecule has 0 bridgehead atoms. The predicted octanol–water partition coefficient (Wildman–Crippen LogP) is 2.71. The van der Waals surface area contributed by atoms with E-state index in [0.29, 0.717) is 18.4 Å². The van der Waals surface area contributed by atoms with E-state index >= 15 is 0 Å². The maximum Gasteiger partial charge on any atom is 0.326 e. The number of carbonyl (C=O) groups is 5. The van der Waals surface area contributed by atoms with Crippen molar-refractivity contribution in [1.29, 1.82) is 0 Å². The Morgan fingerprint density at radius 1 is 1.00 bits per heavy atom. The topological polar surface area (TPSA) is 142 Å². The molecule has 0 radical (unpaired) electrons. The molecule has 1 heterocycles. The first kappa shape index (κ1) is 30.3. The quantitative estimate of drug-likeness (QED) is 0.386. The molecular formula is C30H37N3O7. The number of likely N-dealkylation sites (tertiary alicyclic amines) is 1. The van der Waals surface area contributed by atoms with Gasteiger partial charge in [0.15, 0.2) is 0 Å². The minimum absolute atomic E-state index is 0.0696. The van der Waals surface area contributed by atoms with Crippen LogP contribution in [0, 0.1) is 0 Å². The summed E-state index contributed by atoms with van der Waals surface area (Å²) in [4.78, 5) is 66.7. The van der Waals surface area contributed by atoms with Gasteiger partial charge in [-0.05, 0) is 58.2 Å². The van der Waals surface area contributed by atoms with E-state index in [4.69, 9.17) is 4.74 Å². The van der Waals surface area contributed by atoms with Crippen LogP contribution in [-0.4, -0.2) is 69.4 Å². The standard InChI is InChI=1S/C30H37N3O7/c1-20(26(36)33-17-11-16-23(33)27(37)38)31-28(39)30(18-21-12-7-5-8-13-21,19-24(34)40-29(2,3)4)32-25(35)22-14-9-6-10-15-22/h5-10,12-15,20,23H,11,16-19H2,1-4H3,(H,31,39)(H,32,35)(H,37,38)/t20-,23-,30?/m0/s1. The maximum atomic E-state index is 14.1. The molecule has 10 nitrogen and oxygen atoms in total. The Kier molecular flexibility index (Phi) is 9.68. The average molecular weight is 552 g/mol. The number of esters is 1. The fourth-order valence-electron chi connectivity index (χ4n) is 4.75. The van der Waals surface area contributed by atoms with Crippen LogP contribution in [0.3, 0.4) is 0 Å². The van der Waals surface area contributed by atoms with E-state index in [2.05, 4.69) is 10.6 Å². The molecule has 0 aromatic heterocycles. The number of carboxylic acids is 1. The van der Waals surface area contributed by atoms with Crippen molar-refractivity contribution < 1.29 is 33.8 Å². The average Bonchev–Trinajstić information content (AvgIpc) is 3.38. The number of nitrogens with zero attached hydrogens (tertiary/aromatic N) is 1. The van der Waals surface area contributed by atoms with Crippen molar-refractivity contribution in [3.63, 3.8) is 0 Å². The smallest absolute Gasteiger partial charge is 0.326 e. The number of amides is 3. The van der Waals surface area contributed by atoms with Gasteiger partial charge in [-0.2, -0.15) is 0 Å². The molecule has 0 saturated carbocycles. The third kappa shape index (κ3) is 7.91. The van der Waals surface area contributed by atoms with Crippen molar-refractivity contribution in [3.05, 3.63) is 71.8 Å². The second kappa shape index (κ2) is 12.8. The first-order valence-electron chi connectivity index (χ1n) is 13.3. The molecule has 10 heteroatoms. The van der Waals surface area contributed by atoms with Crippen LogP contribution in [0.2, 0.25) is 0 Å². The Morgan fingerprint density at radius 2 is 1.60 bits per heavy atom. The van der Waals surface area contributed by atoms with E-state index in [9.17, 15) is 29.1 Å². The zero-order valence-electron chi connectivity index (χ0n) is 23.3. The van der Waals surface area contributed by atoms with E-state index in [-0.39, 0.29) is 18.5 Å². The van der Waals surface area contributed by atoms with E-state index in [1.165, 1.54) is 11.8 Å². The number of carboxylic acid groups (broad SMARTS) is 1. The summed E-state index contributed by atoms with van der Waals surface area (Å²) in [5.41, 5.74) is -1.73. The van der Waals surface area contributed by atoms with Gasteiger partial charge < -0.3 is 25.4 Å². The molecule has 1 fully saturated rings. The lowest BCUT2D eigenvalue weighted by atomic mass is 9.85. The third-order valence-corrected chi connectivity index (χ3v) is 6.58. The van der Waals surface area contributed by atoms with Crippen LogP contribution < -0.4 is 10.6 Å². The van der Waals surface area contributed by atoms with Crippen LogP contribution in [0.15, 0.2) is 60.7 Å². The Hall–Kier alpha value is -4.21. The van der Waals surface area contributed by atoms with Crippen molar-refractivity contribution in [2.45, 2.75) is 76.6 Å². The van der Waals surface area contributed by atoms with Gasteiger partial charge in [0.05, 0.1) is 6.42 Å². The van der Waals surface area contributed by atoms with Gasteiger partial charge in [0.25, 0.3) is 5.91 Å². The first-order chi connectivity index (χ1) is 18.8. The highest BCUT2D eigenvalue weighted by atomic mass is 16.6. The summed E-state index contributed by atoms with van der Waals surface area (Å²) in [6.45, 7) is 6.80. The lowest BCUT2D eigenvalue weighted by Gasteiger charge is -2.35. The molecule has 40 heavy (non-hydrogen) atoms. The maximum absolute atomic E-state index is 14.1. The van der Waals surface area contributed by atoms with Gasteiger partial charge in [0.1, 0.15) is 23.2 Å². The van der Waals surface area contributed by atoms with Crippen molar-refractivity contribution in [3.8, 4) is 0 Å². The highest BCUT2D eigenvalue weighted by molar-refractivity contribution is 6.02. The molecular weight excluding hydrogens is 514 g/mol. The van der Waals surface area contributed by atoms with Gasteiger partial charge in [-0.1, -0.05) is 48.5 Å². The number of nitrogens with one attached hydrogen (secondary N) is 2. The number of hydrogen-bond donors (Lipinski definition) is 3. The van der Waals surface area contributed by atoms with Crippen molar-refractivity contribution in [2.24, 2.45) is 0 Å². The molecule has 3 rings (SSSR count). The molecule has 1 unspecified atom stereocenters. The molecule has 3 amide bonds. The van der Waals surface area contributed by atoms with Gasteiger partial charge in [-0.25, -0.2) is 4.79 Å². The molecule has 1 aliphatic rings. The van der Waals surface area contributed by atoms with Gasteiger partial charge in [0, 0.05) is 18.5 Å². The lowest BCUT2D eigenvalue weighted by Crippen LogP contribution is -2.64. The Labute approximate surface area is 234 Å². The fraction of sp³-hybridized carbons (Fsp3) is 0.433. The fourth-order valence-corrected chi connectivity index (χ4v) is 4.75. The van der Waals surface area contributed by atoms with Crippen LogP contribution in [0.25, 0.3) is 0 Å². The summed E-state index contributed by atoms with van der Waals surface area (Å²) in [6, 6.07) is 15.1. The largest absolute Gasteiger partial charge is 0.480 e. The van der Waals surface area contributed by atoms with Crippen molar-refractivity contribution in [1.82, 2.24) is 15.5 Å². The molecule has 0 aliphatic carbocycles. The summed E-state index contributed by atoms with van der Waals surface area (Å²) in [5, 5.41) is 14.9. The first-order valence-corrected chi connectivity index (χ1v) is 13.3. The van der Waals surface area contributed by atoms with Crippen molar-refractivity contribution in [2.75, 3.05) is 6.54 Å². The second-order valence-electron chi connectivity index (χ2n) is 11.1. The minimum Gasteiger partial charge on any atom is -0.480 e. The molecule has 1 saturated heterocycles. The summed E-state index contributed by atoms with van der Waals surface area (Å²) >= 11 is 0. The van der Waals surface area contributed by atoms with Crippen LogP contribution in [0.5, 0.6) is 0 Å². The number of aliphatic carboxylic acids is 1.